The van der Waals surface area contributed by atoms with Crippen LogP contribution in [0.3, 0.4) is 0 Å². The molecule has 0 bridgehead atoms. The van der Waals surface area contributed by atoms with Gasteiger partial charge in [-0.05, 0) is 30.7 Å². The molecule has 0 aliphatic carbocycles. The van der Waals surface area contributed by atoms with Crippen molar-refractivity contribution in [1.82, 2.24) is 4.90 Å². The lowest BCUT2D eigenvalue weighted by Crippen LogP contribution is -2.44. The Labute approximate surface area is 190 Å². The summed E-state index contributed by atoms with van der Waals surface area (Å²) in [7, 11) is 0. The fraction of sp³-hybridized carbons (Fsp3) is 0.158. The molecule has 1 aliphatic rings. The Morgan fingerprint density at radius 2 is 1.87 bits per heavy atom. The molecule has 0 spiro atoms. The van der Waals surface area contributed by atoms with Gasteiger partial charge in [0.15, 0.2) is 0 Å². The molecule has 30 heavy (non-hydrogen) atoms. The van der Waals surface area contributed by atoms with E-state index in [1.807, 2.05) is 0 Å². The first-order valence-electron chi connectivity index (χ1n) is 8.45. The van der Waals surface area contributed by atoms with E-state index < -0.39 is 30.3 Å². The second kappa shape index (κ2) is 9.22. The molecule has 0 radical (unpaired) electrons. The van der Waals surface area contributed by atoms with Crippen molar-refractivity contribution >= 4 is 75.4 Å². The molecule has 3 rings (SSSR count). The fourth-order valence-electron chi connectivity index (χ4n) is 2.80. The molecule has 11 heteroatoms. The van der Waals surface area contributed by atoms with Gasteiger partial charge in [0.25, 0.3) is 5.91 Å². The molecule has 1 aliphatic heterocycles. The van der Waals surface area contributed by atoms with Crippen LogP contribution in [0.4, 0.5) is 0 Å². The van der Waals surface area contributed by atoms with Crippen LogP contribution < -0.4 is 0 Å². The lowest BCUT2D eigenvalue weighted by Gasteiger charge is -2.22. The molecule has 1 saturated heterocycles. The third-order valence-electron chi connectivity index (χ3n) is 4.16. The number of nitrogens with zero attached hydrogens (tertiary/aromatic N) is 1. The number of hydrogen-bond donors (Lipinski definition) is 2. The molecule has 2 N–H and O–H groups in total. The monoisotopic (exact) mass is 485 g/mol. The molecule has 2 heterocycles. The Hall–Kier alpha value is -2.33. The maximum absolute atomic E-state index is 12.8. The lowest BCUT2D eigenvalue weighted by molar-refractivity contribution is -0.146. The Balaban J connectivity index is 1.86. The van der Waals surface area contributed by atoms with Crippen molar-refractivity contribution in [2.24, 2.45) is 0 Å². The highest BCUT2D eigenvalue weighted by Gasteiger charge is 2.40. The van der Waals surface area contributed by atoms with E-state index in [9.17, 15) is 19.5 Å². The summed E-state index contributed by atoms with van der Waals surface area (Å²) in [6, 6.07) is 6.92. The van der Waals surface area contributed by atoms with Crippen LogP contribution in [0.5, 0.6) is 0 Å². The minimum atomic E-state index is -1.37. The molecule has 1 aromatic heterocycles. The van der Waals surface area contributed by atoms with Crippen molar-refractivity contribution in [2.75, 3.05) is 0 Å². The zero-order valence-electron chi connectivity index (χ0n) is 15.0. The lowest BCUT2D eigenvalue weighted by atomic mass is 10.1. The van der Waals surface area contributed by atoms with Crippen molar-refractivity contribution in [3.8, 4) is 11.3 Å². The Bertz CT molecular complexity index is 1060. The molecule has 156 valence electrons. The summed E-state index contributed by atoms with van der Waals surface area (Å²) in [5.41, 5.74) is 0.507. The average Bonchev–Trinajstić information content (AvgIpc) is 3.21. The summed E-state index contributed by atoms with van der Waals surface area (Å²) < 4.78 is 5.76. The first-order valence-corrected chi connectivity index (χ1v) is 10.4. The second-order valence-electron chi connectivity index (χ2n) is 6.14. The van der Waals surface area contributed by atoms with Gasteiger partial charge in [0.05, 0.1) is 20.5 Å². The second-order valence-corrected chi connectivity index (χ2v) is 8.63. The quantitative estimate of drug-likeness (QED) is 0.426. The molecule has 1 aromatic carbocycles. The number of rotatable bonds is 7. The van der Waals surface area contributed by atoms with Gasteiger partial charge < -0.3 is 14.6 Å². The van der Waals surface area contributed by atoms with Gasteiger partial charge in [0.1, 0.15) is 21.9 Å². The number of carbonyl (C=O) groups is 3. The summed E-state index contributed by atoms with van der Waals surface area (Å²) in [6.07, 6.45) is 0.761. The smallest absolute Gasteiger partial charge is 0.326 e. The zero-order valence-corrected chi connectivity index (χ0v) is 18.1. The number of carbonyl (C=O) groups excluding carboxylic acids is 1. The number of aliphatic carboxylic acids is 2. The first kappa shape index (κ1) is 22.4. The third kappa shape index (κ3) is 4.70. The number of furan rings is 1. The Morgan fingerprint density at radius 1 is 1.20 bits per heavy atom. The highest BCUT2D eigenvalue weighted by molar-refractivity contribution is 8.26. The average molecular weight is 486 g/mol. The molecular weight excluding hydrogens is 473 g/mol. The van der Waals surface area contributed by atoms with E-state index in [-0.39, 0.29) is 15.6 Å². The van der Waals surface area contributed by atoms with E-state index in [4.69, 9.17) is 44.9 Å². The molecular formula is C19H13Cl2NO6S2. The van der Waals surface area contributed by atoms with Gasteiger partial charge in [0, 0.05) is 12.5 Å². The van der Waals surface area contributed by atoms with E-state index in [0.29, 0.717) is 27.1 Å². The molecule has 1 unspecified atom stereocenters. The maximum atomic E-state index is 12.8. The maximum Gasteiger partial charge on any atom is 0.326 e. The number of amides is 1. The normalized spacial score (nSPS) is 16.3. The first-order chi connectivity index (χ1) is 14.2. The number of benzene rings is 1. The molecule has 0 saturated carbocycles. The van der Waals surface area contributed by atoms with Crippen LogP contribution in [-0.2, 0) is 14.4 Å². The van der Waals surface area contributed by atoms with Crippen molar-refractivity contribution in [3.63, 3.8) is 0 Å². The number of hydrogen-bond acceptors (Lipinski definition) is 6. The van der Waals surface area contributed by atoms with Crippen molar-refractivity contribution in [2.45, 2.75) is 18.9 Å². The zero-order chi connectivity index (χ0) is 22.0. The van der Waals surface area contributed by atoms with Crippen LogP contribution in [0, 0.1) is 0 Å². The van der Waals surface area contributed by atoms with Gasteiger partial charge in [-0.25, -0.2) is 4.79 Å². The van der Waals surface area contributed by atoms with Crippen LogP contribution in [0.1, 0.15) is 18.6 Å². The molecule has 2 aromatic rings. The van der Waals surface area contributed by atoms with Crippen LogP contribution in [0.2, 0.25) is 10.0 Å². The molecule has 1 atom stereocenters. The van der Waals surface area contributed by atoms with Crippen molar-refractivity contribution in [3.05, 3.63) is 51.0 Å². The summed E-state index contributed by atoms with van der Waals surface area (Å²) in [5, 5.41) is 19.0. The molecule has 1 amide bonds. The van der Waals surface area contributed by atoms with Gasteiger partial charge in [0.2, 0.25) is 0 Å². The predicted octanol–water partition coefficient (Wildman–Crippen LogP) is 4.77. The summed E-state index contributed by atoms with van der Waals surface area (Å²) in [5.74, 6) is -2.40. The number of halogens is 2. The predicted molar refractivity (Wildman–Crippen MR) is 117 cm³/mol. The minimum absolute atomic E-state index is 0.0324. The van der Waals surface area contributed by atoms with Crippen molar-refractivity contribution in [1.29, 1.82) is 0 Å². The van der Waals surface area contributed by atoms with E-state index in [0.717, 1.165) is 16.7 Å². The summed E-state index contributed by atoms with van der Waals surface area (Å²) in [6.45, 7) is 0. The van der Waals surface area contributed by atoms with Crippen molar-refractivity contribution < 1.29 is 29.0 Å². The highest BCUT2D eigenvalue weighted by Crippen LogP contribution is 2.38. The minimum Gasteiger partial charge on any atom is -0.481 e. The summed E-state index contributed by atoms with van der Waals surface area (Å²) >= 11 is 18.4. The SMILES string of the molecule is O=C(O)CCC(C(=O)O)N1C(=O)/C(=C/c2ccc(-c3c(Cl)cccc3Cl)o2)SC1=S. The van der Waals surface area contributed by atoms with Gasteiger partial charge in [-0.15, -0.1) is 0 Å². The van der Waals surface area contributed by atoms with Gasteiger partial charge >= 0.3 is 11.9 Å². The van der Waals surface area contributed by atoms with E-state index in [1.54, 1.807) is 30.3 Å². The summed E-state index contributed by atoms with van der Waals surface area (Å²) in [4.78, 5) is 36.2. The van der Waals surface area contributed by atoms with E-state index >= 15 is 0 Å². The number of carboxylic acid groups (broad SMARTS) is 2. The topological polar surface area (TPSA) is 108 Å². The van der Waals surface area contributed by atoms with Crippen LogP contribution in [-0.4, -0.2) is 43.3 Å². The van der Waals surface area contributed by atoms with E-state index in [1.165, 1.54) is 6.08 Å². The molecule has 7 nitrogen and oxygen atoms in total. The van der Waals surface area contributed by atoms with Crippen LogP contribution in [0.25, 0.3) is 17.4 Å². The molecule has 1 fully saturated rings. The highest BCUT2D eigenvalue weighted by atomic mass is 35.5. The largest absolute Gasteiger partial charge is 0.481 e. The van der Waals surface area contributed by atoms with Crippen LogP contribution in [0.15, 0.2) is 39.7 Å². The van der Waals surface area contributed by atoms with Gasteiger partial charge in [-0.2, -0.15) is 0 Å². The van der Waals surface area contributed by atoms with Crippen LogP contribution >= 0.6 is 47.2 Å². The fourth-order valence-corrected chi connectivity index (χ4v) is 4.72. The van der Waals surface area contributed by atoms with Gasteiger partial charge in [-0.3, -0.25) is 14.5 Å². The Morgan fingerprint density at radius 3 is 2.47 bits per heavy atom. The third-order valence-corrected chi connectivity index (χ3v) is 6.12. The van der Waals surface area contributed by atoms with Gasteiger partial charge in [-0.1, -0.05) is 53.2 Å². The standard InChI is InChI=1S/C19H13Cl2NO6S2/c20-10-2-1-3-11(21)16(10)13-6-4-9(28-13)8-14-17(25)22(19(29)30-14)12(18(26)27)5-7-15(23)24/h1-4,6,8,12H,5,7H2,(H,23,24)(H,26,27)/b14-8-. The van der Waals surface area contributed by atoms with E-state index in [2.05, 4.69) is 0 Å². The number of thiocarbonyl (C=S) groups is 1. The number of thioether (sulfide) groups is 1. The Kier molecular flexibility index (Phi) is 6.87. The number of carboxylic acids is 2.